The lowest BCUT2D eigenvalue weighted by Gasteiger charge is -2.25. The van der Waals surface area contributed by atoms with E-state index in [1.54, 1.807) is 44.4 Å². The Labute approximate surface area is 137 Å². The van der Waals surface area contributed by atoms with Crippen LogP contribution in [0.4, 0.5) is 10.5 Å². The third kappa shape index (κ3) is 5.32. The Hall–Kier alpha value is -1.95. The first-order valence-electron chi connectivity index (χ1n) is 7.99. The minimum absolute atomic E-state index is 0.156. The van der Waals surface area contributed by atoms with Crippen molar-refractivity contribution in [2.75, 3.05) is 39.7 Å². The molecular weight excluding hydrogens is 296 g/mol. The number of amides is 2. The molecule has 128 valence electrons. The standard InChI is InChI=1S/C17H26N2O4/c1-19(8-7-14-6-4-5-9-23-14)17(20)18-13-10-15(21-2)12-16(11-13)22-3/h10-12,14H,4-9H2,1-3H3,(H,18,20)/t14-/m1/s1. The highest BCUT2D eigenvalue weighted by atomic mass is 16.5. The van der Waals surface area contributed by atoms with E-state index in [-0.39, 0.29) is 12.1 Å². The minimum Gasteiger partial charge on any atom is -0.497 e. The van der Waals surface area contributed by atoms with Crippen LogP contribution >= 0.6 is 0 Å². The van der Waals surface area contributed by atoms with Crippen LogP contribution in [0.25, 0.3) is 0 Å². The van der Waals surface area contributed by atoms with Crippen molar-refractivity contribution < 1.29 is 19.0 Å². The molecule has 6 heteroatoms. The number of hydrogen-bond acceptors (Lipinski definition) is 4. The molecule has 1 saturated heterocycles. The van der Waals surface area contributed by atoms with Crippen molar-refractivity contribution in [2.45, 2.75) is 31.8 Å². The highest BCUT2D eigenvalue weighted by molar-refractivity contribution is 5.89. The first-order valence-corrected chi connectivity index (χ1v) is 7.99. The first kappa shape index (κ1) is 17.4. The predicted molar refractivity (Wildman–Crippen MR) is 89.4 cm³/mol. The van der Waals surface area contributed by atoms with E-state index in [0.717, 1.165) is 25.9 Å². The fraction of sp³-hybridized carbons (Fsp3) is 0.588. The van der Waals surface area contributed by atoms with Crippen LogP contribution < -0.4 is 14.8 Å². The minimum atomic E-state index is -0.156. The van der Waals surface area contributed by atoms with Gasteiger partial charge in [0.1, 0.15) is 11.5 Å². The molecule has 0 spiro atoms. The summed E-state index contributed by atoms with van der Waals surface area (Å²) >= 11 is 0. The fourth-order valence-electron chi connectivity index (χ4n) is 2.57. The second-order valence-electron chi connectivity index (χ2n) is 5.73. The van der Waals surface area contributed by atoms with Gasteiger partial charge in [-0.3, -0.25) is 0 Å². The van der Waals surface area contributed by atoms with Gasteiger partial charge in [-0.1, -0.05) is 0 Å². The number of benzene rings is 1. The molecule has 0 saturated carbocycles. The van der Waals surface area contributed by atoms with Crippen molar-refractivity contribution in [2.24, 2.45) is 0 Å². The molecule has 23 heavy (non-hydrogen) atoms. The number of hydrogen-bond donors (Lipinski definition) is 1. The maximum Gasteiger partial charge on any atom is 0.321 e. The van der Waals surface area contributed by atoms with E-state index in [1.807, 2.05) is 0 Å². The number of carbonyl (C=O) groups is 1. The number of methoxy groups -OCH3 is 2. The van der Waals surface area contributed by atoms with Gasteiger partial charge in [0.2, 0.25) is 0 Å². The van der Waals surface area contributed by atoms with Crippen LogP contribution in [0.5, 0.6) is 11.5 Å². The van der Waals surface area contributed by atoms with Crippen LogP contribution in [0, 0.1) is 0 Å². The quantitative estimate of drug-likeness (QED) is 0.874. The van der Waals surface area contributed by atoms with Crippen molar-refractivity contribution in [3.8, 4) is 11.5 Å². The fourth-order valence-corrected chi connectivity index (χ4v) is 2.57. The molecule has 6 nitrogen and oxygen atoms in total. The first-order chi connectivity index (χ1) is 11.1. The van der Waals surface area contributed by atoms with E-state index < -0.39 is 0 Å². The van der Waals surface area contributed by atoms with E-state index in [0.29, 0.717) is 23.7 Å². The van der Waals surface area contributed by atoms with E-state index in [2.05, 4.69) is 5.32 Å². The molecule has 1 aliphatic rings. The zero-order valence-electron chi connectivity index (χ0n) is 14.1. The van der Waals surface area contributed by atoms with E-state index >= 15 is 0 Å². The van der Waals surface area contributed by atoms with Crippen molar-refractivity contribution in [3.05, 3.63) is 18.2 Å². The molecule has 0 bridgehead atoms. The van der Waals surface area contributed by atoms with Crippen LogP contribution in [-0.2, 0) is 4.74 Å². The topological polar surface area (TPSA) is 60.0 Å². The van der Waals surface area contributed by atoms with Crippen molar-refractivity contribution in [1.29, 1.82) is 0 Å². The number of ether oxygens (including phenoxy) is 3. The Morgan fingerprint density at radius 1 is 1.26 bits per heavy atom. The number of carbonyl (C=O) groups excluding carboxylic acids is 1. The van der Waals surface area contributed by atoms with Gasteiger partial charge in [-0.2, -0.15) is 0 Å². The summed E-state index contributed by atoms with van der Waals surface area (Å²) in [6.45, 7) is 1.50. The smallest absolute Gasteiger partial charge is 0.321 e. The number of urea groups is 1. The Morgan fingerprint density at radius 2 is 1.96 bits per heavy atom. The molecule has 1 heterocycles. The molecule has 2 amide bonds. The molecule has 1 atom stereocenters. The number of nitrogens with zero attached hydrogens (tertiary/aromatic N) is 1. The lowest BCUT2D eigenvalue weighted by atomic mass is 10.1. The monoisotopic (exact) mass is 322 g/mol. The van der Waals surface area contributed by atoms with Crippen molar-refractivity contribution >= 4 is 11.7 Å². The third-order valence-electron chi connectivity index (χ3n) is 4.01. The van der Waals surface area contributed by atoms with Crippen molar-refractivity contribution in [3.63, 3.8) is 0 Å². The lowest BCUT2D eigenvalue weighted by Crippen LogP contribution is -2.34. The van der Waals surface area contributed by atoms with E-state index in [1.165, 1.54) is 6.42 Å². The summed E-state index contributed by atoms with van der Waals surface area (Å²) in [5, 5.41) is 2.87. The Bertz CT molecular complexity index is 493. The molecule has 2 rings (SSSR count). The third-order valence-corrected chi connectivity index (χ3v) is 4.01. The Balaban J connectivity index is 1.87. The van der Waals surface area contributed by atoms with E-state index in [9.17, 15) is 4.79 Å². The van der Waals surface area contributed by atoms with Crippen LogP contribution in [0.3, 0.4) is 0 Å². The zero-order chi connectivity index (χ0) is 16.7. The zero-order valence-corrected chi connectivity index (χ0v) is 14.1. The molecule has 1 aliphatic heterocycles. The summed E-state index contributed by atoms with van der Waals surface area (Å²) in [6, 6.07) is 5.13. The molecule has 1 aromatic carbocycles. The predicted octanol–water partition coefficient (Wildman–Crippen LogP) is 3.13. The SMILES string of the molecule is COc1cc(NC(=O)N(C)CC[C@H]2CCCCO2)cc(OC)c1. The average Bonchev–Trinajstić information content (AvgIpc) is 2.60. The summed E-state index contributed by atoms with van der Waals surface area (Å²) in [5.74, 6) is 1.27. The van der Waals surface area contributed by atoms with Gasteiger partial charge < -0.3 is 24.4 Å². The Morgan fingerprint density at radius 3 is 2.52 bits per heavy atom. The summed E-state index contributed by atoms with van der Waals surface area (Å²) in [5.41, 5.74) is 0.645. The Kier molecular flexibility index (Phi) is 6.52. The lowest BCUT2D eigenvalue weighted by molar-refractivity contribution is 0.00848. The van der Waals surface area contributed by atoms with Gasteiger partial charge in [-0.25, -0.2) is 4.79 Å². The molecule has 1 aromatic rings. The summed E-state index contributed by atoms with van der Waals surface area (Å²) in [4.78, 5) is 13.9. The molecule has 0 aliphatic carbocycles. The summed E-state index contributed by atoms with van der Waals surface area (Å²) < 4.78 is 16.1. The second kappa shape index (κ2) is 8.62. The van der Waals surface area contributed by atoms with Crippen LogP contribution in [0.1, 0.15) is 25.7 Å². The number of rotatable bonds is 6. The molecular formula is C17H26N2O4. The molecule has 1 N–H and O–H groups in total. The van der Waals surface area contributed by atoms with E-state index in [4.69, 9.17) is 14.2 Å². The summed E-state index contributed by atoms with van der Waals surface area (Å²) in [7, 11) is 4.95. The second-order valence-corrected chi connectivity index (χ2v) is 5.73. The molecule has 0 aromatic heterocycles. The van der Waals surface area contributed by atoms with Gasteiger partial charge >= 0.3 is 6.03 Å². The maximum absolute atomic E-state index is 12.3. The van der Waals surface area contributed by atoms with Gasteiger partial charge in [-0.15, -0.1) is 0 Å². The molecule has 1 fully saturated rings. The highest BCUT2D eigenvalue weighted by Gasteiger charge is 2.16. The number of anilines is 1. The van der Waals surface area contributed by atoms with Crippen LogP contribution in [0.15, 0.2) is 18.2 Å². The van der Waals surface area contributed by atoms with Gasteiger partial charge in [0.25, 0.3) is 0 Å². The maximum atomic E-state index is 12.3. The van der Waals surface area contributed by atoms with Gasteiger partial charge in [0.05, 0.1) is 20.3 Å². The highest BCUT2D eigenvalue weighted by Crippen LogP contribution is 2.26. The van der Waals surface area contributed by atoms with Crippen LogP contribution in [0.2, 0.25) is 0 Å². The van der Waals surface area contributed by atoms with Gasteiger partial charge in [0, 0.05) is 44.1 Å². The van der Waals surface area contributed by atoms with Gasteiger partial charge in [0.15, 0.2) is 0 Å². The van der Waals surface area contributed by atoms with Crippen molar-refractivity contribution in [1.82, 2.24) is 4.90 Å². The normalized spacial score (nSPS) is 17.4. The summed E-state index contributed by atoms with van der Waals surface area (Å²) in [6.07, 6.45) is 4.58. The average molecular weight is 322 g/mol. The number of nitrogens with one attached hydrogen (secondary N) is 1. The molecule has 0 radical (unpaired) electrons. The van der Waals surface area contributed by atoms with Gasteiger partial charge in [-0.05, 0) is 25.7 Å². The molecule has 0 unspecified atom stereocenters. The van der Waals surface area contributed by atoms with Crippen LogP contribution in [-0.4, -0.2) is 51.5 Å². The largest absolute Gasteiger partial charge is 0.497 e.